The van der Waals surface area contributed by atoms with E-state index in [0.717, 1.165) is 36.3 Å². The topological polar surface area (TPSA) is 60.2 Å². The zero-order valence-electron chi connectivity index (χ0n) is 19.7. The SMILES string of the molecule is CCCCOc1ccc(C(=O)Oc2ccc(N=Nc3ccc(CCCC)cc3C)cc2)cc1. The Morgan fingerprint density at radius 2 is 1.52 bits per heavy atom. The van der Waals surface area contributed by atoms with Crippen molar-refractivity contribution in [2.75, 3.05) is 6.61 Å². The normalized spacial score (nSPS) is 11.0. The first-order valence-electron chi connectivity index (χ1n) is 11.7. The fourth-order valence-electron chi connectivity index (χ4n) is 3.25. The van der Waals surface area contributed by atoms with Gasteiger partial charge in [0.1, 0.15) is 11.5 Å². The van der Waals surface area contributed by atoms with Gasteiger partial charge < -0.3 is 9.47 Å². The average Bonchev–Trinajstić information content (AvgIpc) is 2.83. The number of azo groups is 1. The fraction of sp³-hybridized carbons (Fsp3) is 0.321. The third-order valence-corrected chi connectivity index (χ3v) is 5.26. The highest BCUT2D eigenvalue weighted by atomic mass is 16.5. The lowest BCUT2D eigenvalue weighted by Crippen LogP contribution is -2.08. The van der Waals surface area contributed by atoms with Gasteiger partial charge in [0.25, 0.3) is 0 Å². The molecule has 0 aliphatic rings. The van der Waals surface area contributed by atoms with Crippen molar-refractivity contribution in [1.29, 1.82) is 0 Å². The van der Waals surface area contributed by atoms with Gasteiger partial charge in [-0.25, -0.2) is 4.79 Å². The summed E-state index contributed by atoms with van der Waals surface area (Å²) in [6.45, 7) is 7.04. The molecule has 0 bridgehead atoms. The number of ether oxygens (including phenoxy) is 2. The van der Waals surface area contributed by atoms with Gasteiger partial charge in [-0.15, -0.1) is 0 Å². The molecule has 0 saturated heterocycles. The minimum atomic E-state index is -0.414. The molecular formula is C28H32N2O3. The molecular weight excluding hydrogens is 412 g/mol. The van der Waals surface area contributed by atoms with Crippen molar-refractivity contribution in [1.82, 2.24) is 0 Å². The highest BCUT2D eigenvalue weighted by molar-refractivity contribution is 5.91. The minimum Gasteiger partial charge on any atom is -0.494 e. The number of benzene rings is 3. The van der Waals surface area contributed by atoms with E-state index in [2.05, 4.69) is 43.1 Å². The van der Waals surface area contributed by atoms with Gasteiger partial charge in [0.05, 0.1) is 23.5 Å². The van der Waals surface area contributed by atoms with Gasteiger partial charge in [-0.2, -0.15) is 10.2 Å². The van der Waals surface area contributed by atoms with Crippen molar-refractivity contribution in [2.45, 2.75) is 52.9 Å². The minimum absolute atomic E-state index is 0.414. The zero-order valence-corrected chi connectivity index (χ0v) is 19.7. The molecule has 5 heteroatoms. The number of hydrogen-bond acceptors (Lipinski definition) is 5. The molecule has 5 nitrogen and oxygen atoms in total. The van der Waals surface area contributed by atoms with E-state index < -0.39 is 5.97 Å². The van der Waals surface area contributed by atoms with E-state index in [0.29, 0.717) is 23.6 Å². The highest BCUT2D eigenvalue weighted by Gasteiger charge is 2.09. The van der Waals surface area contributed by atoms with E-state index in [1.54, 1.807) is 48.5 Å². The van der Waals surface area contributed by atoms with Crippen LogP contribution in [-0.4, -0.2) is 12.6 Å². The van der Waals surface area contributed by atoms with E-state index in [1.165, 1.54) is 18.4 Å². The number of rotatable bonds is 11. The molecule has 0 atom stereocenters. The average molecular weight is 445 g/mol. The smallest absolute Gasteiger partial charge is 0.343 e. The van der Waals surface area contributed by atoms with Crippen LogP contribution in [0.5, 0.6) is 11.5 Å². The van der Waals surface area contributed by atoms with Crippen LogP contribution >= 0.6 is 0 Å². The van der Waals surface area contributed by atoms with Crippen LogP contribution in [0.1, 0.15) is 61.0 Å². The number of hydrogen-bond donors (Lipinski definition) is 0. The number of carbonyl (C=O) groups excluding carboxylic acids is 1. The van der Waals surface area contributed by atoms with Crippen molar-refractivity contribution in [2.24, 2.45) is 10.2 Å². The van der Waals surface area contributed by atoms with Crippen molar-refractivity contribution in [3.05, 3.63) is 83.4 Å². The van der Waals surface area contributed by atoms with Crippen molar-refractivity contribution < 1.29 is 14.3 Å². The number of unbranched alkanes of at least 4 members (excludes halogenated alkanes) is 2. The lowest BCUT2D eigenvalue weighted by atomic mass is 10.1. The summed E-state index contributed by atoms with van der Waals surface area (Å²) in [5.74, 6) is 0.794. The molecule has 0 aliphatic carbocycles. The van der Waals surface area contributed by atoms with Gasteiger partial charge in [-0.05, 0) is 91.9 Å². The Morgan fingerprint density at radius 3 is 2.18 bits per heavy atom. The molecule has 33 heavy (non-hydrogen) atoms. The zero-order chi connectivity index (χ0) is 23.5. The van der Waals surface area contributed by atoms with Gasteiger partial charge in [0, 0.05) is 0 Å². The summed E-state index contributed by atoms with van der Waals surface area (Å²) in [7, 11) is 0. The maximum absolute atomic E-state index is 12.4. The molecule has 0 aromatic heterocycles. The third-order valence-electron chi connectivity index (χ3n) is 5.26. The standard InChI is InChI=1S/C28H32N2O3/c1-4-6-8-22-9-18-27(21(3)20-22)30-29-24-12-16-26(17-13-24)33-28(31)23-10-14-25(15-11-23)32-19-7-5-2/h9-18,20H,4-8,19H2,1-3H3. The summed E-state index contributed by atoms with van der Waals surface area (Å²) in [5.41, 5.74) is 4.46. The molecule has 3 aromatic carbocycles. The van der Waals surface area contributed by atoms with Crippen LogP contribution in [0.4, 0.5) is 11.4 Å². The first-order chi connectivity index (χ1) is 16.1. The van der Waals surface area contributed by atoms with Gasteiger partial charge >= 0.3 is 5.97 Å². The fourth-order valence-corrected chi connectivity index (χ4v) is 3.25. The van der Waals surface area contributed by atoms with Crippen LogP contribution in [0.15, 0.2) is 77.0 Å². The van der Waals surface area contributed by atoms with Crippen LogP contribution in [0, 0.1) is 6.92 Å². The molecule has 0 aliphatic heterocycles. The van der Waals surface area contributed by atoms with Gasteiger partial charge in [0.15, 0.2) is 0 Å². The van der Waals surface area contributed by atoms with E-state index in [9.17, 15) is 4.79 Å². The molecule has 3 rings (SSSR count). The van der Waals surface area contributed by atoms with Crippen molar-refractivity contribution in [3.63, 3.8) is 0 Å². The van der Waals surface area contributed by atoms with Crippen molar-refractivity contribution in [3.8, 4) is 11.5 Å². The van der Waals surface area contributed by atoms with E-state index in [4.69, 9.17) is 9.47 Å². The Labute approximate surface area is 196 Å². The third kappa shape index (κ3) is 7.56. The first-order valence-corrected chi connectivity index (χ1v) is 11.7. The Balaban J connectivity index is 1.56. The monoisotopic (exact) mass is 444 g/mol. The number of esters is 1. The molecule has 0 unspecified atom stereocenters. The lowest BCUT2D eigenvalue weighted by molar-refractivity contribution is 0.0734. The molecule has 172 valence electrons. The van der Waals surface area contributed by atoms with Gasteiger partial charge in [0.2, 0.25) is 0 Å². The van der Waals surface area contributed by atoms with Crippen LogP contribution < -0.4 is 9.47 Å². The second kappa shape index (κ2) is 12.5. The molecule has 0 N–H and O–H groups in total. The number of aryl methyl sites for hydroxylation is 2. The molecule has 0 heterocycles. The van der Waals surface area contributed by atoms with Crippen LogP contribution in [0.3, 0.4) is 0 Å². The quantitative estimate of drug-likeness (QED) is 0.130. The molecule has 0 fully saturated rings. The van der Waals surface area contributed by atoms with Crippen LogP contribution in [-0.2, 0) is 6.42 Å². The summed E-state index contributed by atoms with van der Waals surface area (Å²) < 4.78 is 11.1. The molecule has 3 aromatic rings. The lowest BCUT2D eigenvalue weighted by Gasteiger charge is -2.07. The largest absolute Gasteiger partial charge is 0.494 e. The summed E-state index contributed by atoms with van der Waals surface area (Å²) in [4.78, 5) is 12.4. The molecule has 0 amide bonds. The Morgan fingerprint density at radius 1 is 0.818 bits per heavy atom. The van der Waals surface area contributed by atoms with E-state index >= 15 is 0 Å². The predicted molar refractivity (Wildman–Crippen MR) is 132 cm³/mol. The summed E-state index contributed by atoms with van der Waals surface area (Å²) in [6, 6.07) is 20.3. The highest BCUT2D eigenvalue weighted by Crippen LogP contribution is 2.25. The summed E-state index contributed by atoms with van der Waals surface area (Å²) >= 11 is 0. The maximum Gasteiger partial charge on any atom is 0.343 e. The molecule has 0 saturated carbocycles. The van der Waals surface area contributed by atoms with Crippen molar-refractivity contribution >= 4 is 17.3 Å². The van der Waals surface area contributed by atoms with Gasteiger partial charge in [-0.1, -0.05) is 38.8 Å². The van der Waals surface area contributed by atoms with Crippen LogP contribution in [0.2, 0.25) is 0 Å². The second-order valence-electron chi connectivity index (χ2n) is 8.03. The van der Waals surface area contributed by atoms with Gasteiger partial charge in [-0.3, -0.25) is 0 Å². The Bertz CT molecular complexity index is 1060. The summed E-state index contributed by atoms with van der Waals surface area (Å²) in [6.07, 6.45) is 5.55. The summed E-state index contributed by atoms with van der Waals surface area (Å²) in [5, 5.41) is 8.69. The molecule has 0 spiro atoms. The maximum atomic E-state index is 12.4. The van der Waals surface area contributed by atoms with E-state index in [-0.39, 0.29) is 0 Å². The Kier molecular flexibility index (Phi) is 9.19. The number of nitrogens with zero attached hydrogens (tertiary/aromatic N) is 2. The second-order valence-corrected chi connectivity index (χ2v) is 8.03. The Hall–Kier alpha value is -3.47. The predicted octanol–water partition coefficient (Wildman–Crippen LogP) is 8.15. The van der Waals surface area contributed by atoms with E-state index in [1.807, 2.05) is 6.07 Å². The molecule has 0 radical (unpaired) electrons. The van der Waals surface area contributed by atoms with Crippen LogP contribution in [0.25, 0.3) is 0 Å². The number of carbonyl (C=O) groups is 1. The first kappa shape index (κ1) is 24.2.